The van der Waals surface area contributed by atoms with E-state index in [0.717, 1.165) is 29.5 Å². The molecule has 0 spiro atoms. The number of amides is 1. The van der Waals surface area contributed by atoms with Gasteiger partial charge < -0.3 is 0 Å². The summed E-state index contributed by atoms with van der Waals surface area (Å²) in [6.07, 6.45) is 1.21. The predicted molar refractivity (Wildman–Crippen MR) is 106 cm³/mol. The minimum absolute atomic E-state index is 0.0101. The molecule has 0 bridgehead atoms. The number of thiophene rings is 1. The van der Waals surface area contributed by atoms with E-state index < -0.39 is 19.9 Å². The van der Waals surface area contributed by atoms with E-state index in [2.05, 4.69) is 0 Å². The van der Waals surface area contributed by atoms with Crippen LogP contribution in [-0.2, 0) is 17.5 Å². The van der Waals surface area contributed by atoms with Crippen molar-refractivity contribution in [1.82, 2.24) is 0 Å². The summed E-state index contributed by atoms with van der Waals surface area (Å²) in [6, 6.07) is 5.68. The Morgan fingerprint density at radius 3 is 2.74 bits per heavy atom. The van der Waals surface area contributed by atoms with Crippen molar-refractivity contribution in [3.05, 3.63) is 34.7 Å². The van der Waals surface area contributed by atoms with Gasteiger partial charge in [0.15, 0.2) is 0 Å². The summed E-state index contributed by atoms with van der Waals surface area (Å²) in [5, 5.41) is 0.548. The van der Waals surface area contributed by atoms with Crippen LogP contribution in [0.15, 0.2) is 24.3 Å². The zero-order chi connectivity index (χ0) is 20.0. The van der Waals surface area contributed by atoms with Crippen LogP contribution in [0, 0.1) is 0 Å². The van der Waals surface area contributed by atoms with Gasteiger partial charge in [-0.3, -0.25) is 0 Å². The normalized spacial score (nSPS) is 13.0. The van der Waals surface area contributed by atoms with Crippen molar-refractivity contribution in [2.45, 2.75) is 25.4 Å². The molecular weight excluding hydrogens is 610 g/mol. The van der Waals surface area contributed by atoms with Gasteiger partial charge in [-0.2, -0.15) is 0 Å². The maximum atomic E-state index is 14.9. The number of carbonyl (C=O) groups excluding carboxylic acids is 2. The predicted octanol–water partition coefficient (Wildman–Crippen LogP) is 4.54. The molecule has 1 aromatic carbocycles. The summed E-state index contributed by atoms with van der Waals surface area (Å²) in [6.45, 7) is 1.91. The van der Waals surface area contributed by atoms with E-state index in [0.29, 0.717) is 27.1 Å². The zero-order valence-electron chi connectivity index (χ0n) is 14.4. The molecule has 5 nitrogen and oxygen atoms in total. The second-order valence-electron chi connectivity index (χ2n) is 5.42. The average Bonchev–Trinajstić information content (AvgIpc) is 3.05. The van der Waals surface area contributed by atoms with Gasteiger partial charge in [-0.1, -0.05) is 0 Å². The summed E-state index contributed by atoms with van der Waals surface area (Å²) in [5.74, 6) is -0.280. The summed E-state index contributed by atoms with van der Waals surface area (Å²) in [7, 11) is -2.46. The summed E-state index contributed by atoms with van der Waals surface area (Å²) in [5.41, 5.74) is 1.70. The van der Waals surface area contributed by atoms with E-state index in [4.69, 9.17) is 12.7 Å². The number of rotatable bonds is 10. The first-order chi connectivity index (χ1) is 12.8. The van der Waals surface area contributed by atoms with Gasteiger partial charge in [-0.15, -0.1) is 0 Å². The van der Waals surface area contributed by atoms with E-state index in [-0.39, 0.29) is 43.5 Å². The SMILES string of the molecule is CCCC(=O)SCCOP([O][Pb])C(F)(F)c1ccc2sc(C(N)=O)cc2c1. The molecule has 1 heterocycles. The molecule has 27 heavy (non-hydrogen) atoms. The number of primary amides is 1. The van der Waals surface area contributed by atoms with Crippen molar-refractivity contribution >= 4 is 78.8 Å². The molecule has 0 aliphatic rings. The van der Waals surface area contributed by atoms with Crippen LogP contribution in [0.4, 0.5) is 8.78 Å². The van der Waals surface area contributed by atoms with E-state index in [1.807, 2.05) is 6.92 Å². The van der Waals surface area contributed by atoms with Crippen molar-refractivity contribution in [2.24, 2.45) is 5.73 Å². The Bertz CT molecular complexity index is 821. The molecule has 2 rings (SSSR count). The van der Waals surface area contributed by atoms with Gasteiger partial charge >= 0.3 is 182 Å². The second-order valence-corrected chi connectivity index (χ2v) is 11.3. The molecule has 0 fully saturated rings. The molecule has 2 aromatic rings. The van der Waals surface area contributed by atoms with Crippen LogP contribution in [0.1, 0.15) is 35.0 Å². The minimum atomic E-state index is -3.31. The first-order valence-corrected chi connectivity index (χ1v) is 12.5. The number of alkyl halides is 2. The van der Waals surface area contributed by atoms with E-state index in [1.54, 1.807) is 0 Å². The van der Waals surface area contributed by atoms with E-state index in [1.165, 1.54) is 24.3 Å². The van der Waals surface area contributed by atoms with Crippen LogP contribution in [0.25, 0.3) is 10.1 Å². The van der Waals surface area contributed by atoms with Gasteiger partial charge in [0.25, 0.3) is 0 Å². The van der Waals surface area contributed by atoms with E-state index in [9.17, 15) is 18.4 Å². The van der Waals surface area contributed by atoms with Crippen molar-refractivity contribution in [2.75, 3.05) is 12.4 Å². The van der Waals surface area contributed by atoms with Gasteiger partial charge in [0.05, 0.1) is 0 Å². The van der Waals surface area contributed by atoms with Crippen molar-refractivity contribution < 1.29 is 25.4 Å². The molecule has 0 saturated heterocycles. The second kappa shape index (κ2) is 10.5. The Balaban J connectivity index is 2.08. The number of hydrogen-bond acceptors (Lipinski definition) is 6. The van der Waals surface area contributed by atoms with Gasteiger partial charge in [-0.05, 0) is 0 Å². The third-order valence-corrected chi connectivity index (χ3v) is 8.69. The monoisotopic (exact) mass is 628 g/mol. The fourth-order valence-electron chi connectivity index (χ4n) is 2.17. The van der Waals surface area contributed by atoms with E-state index >= 15 is 0 Å². The molecule has 0 saturated carbocycles. The van der Waals surface area contributed by atoms with Gasteiger partial charge in [0.2, 0.25) is 0 Å². The fourth-order valence-corrected chi connectivity index (χ4v) is 6.82. The quantitative estimate of drug-likeness (QED) is 0.238. The number of nitrogens with two attached hydrogens (primary N) is 1. The molecule has 145 valence electrons. The Kier molecular flexibility index (Phi) is 9.01. The summed E-state index contributed by atoms with van der Waals surface area (Å²) < 4.78 is 40.7. The zero-order valence-corrected chi connectivity index (χ0v) is 20.8. The average molecular weight is 628 g/mol. The van der Waals surface area contributed by atoms with Crippen LogP contribution in [0.3, 0.4) is 0 Å². The number of carbonyl (C=O) groups is 2. The molecule has 3 radical (unpaired) electrons. The van der Waals surface area contributed by atoms with Crippen LogP contribution >= 0.6 is 31.5 Å². The molecule has 1 unspecified atom stereocenters. The third-order valence-electron chi connectivity index (χ3n) is 3.43. The molecule has 1 aromatic heterocycles. The number of benzene rings is 1. The molecule has 2 N–H and O–H groups in total. The first kappa shape index (κ1) is 23.1. The topological polar surface area (TPSA) is 78.6 Å². The van der Waals surface area contributed by atoms with Gasteiger partial charge in [0, 0.05) is 0 Å². The van der Waals surface area contributed by atoms with Gasteiger partial charge in [0.1, 0.15) is 0 Å². The molecule has 0 aliphatic carbocycles. The van der Waals surface area contributed by atoms with Gasteiger partial charge in [-0.25, -0.2) is 0 Å². The Morgan fingerprint density at radius 2 is 2.11 bits per heavy atom. The number of halogens is 2. The number of fused-ring (bicyclic) bond motifs is 1. The molecule has 1 atom stereocenters. The van der Waals surface area contributed by atoms with Crippen LogP contribution < -0.4 is 5.73 Å². The Morgan fingerprint density at radius 1 is 1.37 bits per heavy atom. The number of hydrogen-bond donors (Lipinski definition) is 1. The molecule has 11 heteroatoms. The summed E-state index contributed by atoms with van der Waals surface area (Å²) in [4.78, 5) is 23.0. The molecule has 0 aliphatic heterocycles. The Hall–Kier alpha value is -0.198. The Labute approximate surface area is 181 Å². The molecule has 1 amide bonds. The van der Waals surface area contributed by atoms with Crippen LogP contribution in [-0.4, -0.2) is 49.6 Å². The van der Waals surface area contributed by atoms with Crippen molar-refractivity contribution in [3.63, 3.8) is 0 Å². The standard InChI is InChI=1S/C16H17F2NO4PS2.Pb/c1-2-3-14(20)25-7-6-23-24(22)16(17,18)11-4-5-12-10(8-11)9-13(26-12)15(19)21;/h4-5,8-9H,2-3,6-7H2,1H3,(H2,19,21);/q-1;+1. The van der Waals surface area contributed by atoms with Crippen molar-refractivity contribution in [1.29, 1.82) is 0 Å². The third kappa shape index (κ3) is 6.14. The van der Waals surface area contributed by atoms with Crippen LogP contribution in [0.5, 0.6) is 0 Å². The molecular formula is C16H17F2NO4PPbS2. The first-order valence-electron chi connectivity index (χ1n) is 7.93. The van der Waals surface area contributed by atoms with Crippen LogP contribution in [0.2, 0.25) is 0 Å². The number of thioether (sulfide) groups is 1. The van der Waals surface area contributed by atoms with Crippen molar-refractivity contribution in [3.8, 4) is 0 Å². The fraction of sp³-hybridized carbons (Fsp3) is 0.375. The maximum absolute atomic E-state index is 14.9. The summed E-state index contributed by atoms with van der Waals surface area (Å²) >= 11 is 2.34.